The minimum atomic E-state index is 0.231. The number of benzene rings is 1. The van der Waals surface area contributed by atoms with Gasteiger partial charge < -0.3 is 15.7 Å². The molecular weight excluding hydrogens is 382 g/mol. The maximum Gasteiger partial charge on any atom is 0.189 e. The van der Waals surface area contributed by atoms with Gasteiger partial charge in [0, 0.05) is 11.4 Å². The number of rotatable bonds is 6. The van der Waals surface area contributed by atoms with Crippen LogP contribution in [-0.4, -0.2) is 20.1 Å². The van der Waals surface area contributed by atoms with Crippen LogP contribution in [0.2, 0.25) is 0 Å². The molecule has 154 valence electrons. The van der Waals surface area contributed by atoms with Crippen molar-refractivity contribution in [1.82, 2.24) is 15.0 Å². The molecule has 7 heteroatoms. The van der Waals surface area contributed by atoms with E-state index in [1.165, 1.54) is 36.1 Å². The number of allylic oxidation sites excluding steroid dienone is 4. The van der Waals surface area contributed by atoms with Crippen LogP contribution in [0.3, 0.4) is 0 Å². The number of aromatic hydroxyl groups is 1. The number of fused-ring (bicyclic) bond motifs is 1. The van der Waals surface area contributed by atoms with E-state index in [0.29, 0.717) is 5.65 Å². The zero-order valence-corrected chi connectivity index (χ0v) is 18.5. The summed E-state index contributed by atoms with van der Waals surface area (Å²) >= 11 is 1.48. The van der Waals surface area contributed by atoms with Gasteiger partial charge in [-0.2, -0.15) is 4.98 Å². The number of aromatic nitrogens is 3. The molecule has 1 aromatic carbocycles. The summed E-state index contributed by atoms with van der Waals surface area (Å²) < 4.78 is 0.893. The third-order valence-electron chi connectivity index (χ3n) is 4.17. The van der Waals surface area contributed by atoms with Crippen molar-refractivity contribution in [1.29, 1.82) is 0 Å². The van der Waals surface area contributed by atoms with Gasteiger partial charge in [0.05, 0.1) is 0 Å². The zero-order valence-electron chi connectivity index (χ0n) is 17.7. The largest absolute Gasteiger partial charge is 0.508 e. The Hall–Kier alpha value is -2.93. The Kier molecular flexibility index (Phi) is 8.61. The average molecular weight is 412 g/mol. The quantitative estimate of drug-likeness (QED) is 0.312. The van der Waals surface area contributed by atoms with E-state index in [-0.39, 0.29) is 5.75 Å². The van der Waals surface area contributed by atoms with E-state index < -0.39 is 0 Å². The number of anilines is 3. The molecule has 0 aliphatic heterocycles. The number of hydrogen-bond acceptors (Lipinski definition) is 7. The normalized spacial score (nSPS) is 11.8. The van der Waals surface area contributed by atoms with Crippen LogP contribution in [0.25, 0.3) is 10.3 Å². The number of phenols is 1. The lowest BCUT2D eigenvalue weighted by Crippen LogP contribution is -1.98. The maximum absolute atomic E-state index is 9.31. The lowest BCUT2D eigenvalue weighted by molar-refractivity contribution is 0.475. The van der Waals surface area contributed by atoms with Crippen molar-refractivity contribution < 1.29 is 5.11 Å². The SMILES string of the molecule is C/C=C(\C)Nc1ncnc2nc(Nc3ccc(O)cc3)sc12.CC/C=C(\C)CC. The fraction of sp³-hybridized carbons (Fsp3) is 0.318. The second-order valence-corrected chi connectivity index (χ2v) is 7.47. The predicted molar refractivity (Wildman–Crippen MR) is 124 cm³/mol. The number of hydrogen-bond donors (Lipinski definition) is 3. The highest BCUT2D eigenvalue weighted by Crippen LogP contribution is 2.31. The van der Waals surface area contributed by atoms with Crippen molar-refractivity contribution in [2.24, 2.45) is 0 Å². The van der Waals surface area contributed by atoms with Crippen molar-refractivity contribution in [2.45, 2.75) is 47.5 Å². The maximum atomic E-state index is 9.31. The van der Waals surface area contributed by atoms with Crippen molar-refractivity contribution in [3.63, 3.8) is 0 Å². The molecule has 0 fully saturated rings. The first-order valence-electron chi connectivity index (χ1n) is 9.69. The molecule has 0 saturated heterocycles. The summed E-state index contributed by atoms with van der Waals surface area (Å²) in [6.45, 7) is 10.5. The zero-order chi connectivity index (χ0) is 21.2. The topological polar surface area (TPSA) is 83.0 Å². The van der Waals surface area contributed by atoms with Crippen LogP contribution in [0.1, 0.15) is 47.5 Å². The lowest BCUT2D eigenvalue weighted by atomic mass is 10.2. The fourth-order valence-electron chi connectivity index (χ4n) is 2.32. The van der Waals surface area contributed by atoms with Gasteiger partial charge >= 0.3 is 0 Å². The van der Waals surface area contributed by atoms with E-state index in [1.54, 1.807) is 24.3 Å². The summed E-state index contributed by atoms with van der Waals surface area (Å²) in [5.74, 6) is 0.978. The third kappa shape index (κ3) is 6.87. The molecule has 0 atom stereocenters. The van der Waals surface area contributed by atoms with Gasteiger partial charge in [0.1, 0.15) is 16.8 Å². The van der Waals surface area contributed by atoms with Crippen molar-refractivity contribution in [3.8, 4) is 5.75 Å². The molecule has 3 rings (SSSR count). The minimum Gasteiger partial charge on any atom is -0.508 e. The molecule has 29 heavy (non-hydrogen) atoms. The molecule has 0 saturated carbocycles. The number of phenolic OH excluding ortho intramolecular Hbond substituents is 1. The van der Waals surface area contributed by atoms with Crippen molar-refractivity contribution >= 4 is 38.3 Å². The Morgan fingerprint density at radius 3 is 2.45 bits per heavy atom. The van der Waals surface area contributed by atoms with Crippen LogP contribution in [0.4, 0.5) is 16.6 Å². The molecule has 0 spiro atoms. The second kappa shape index (κ2) is 11.2. The molecular formula is C22H29N5OS. The molecule has 0 aliphatic rings. The van der Waals surface area contributed by atoms with E-state index in [4.69, 9.17) is 0 Å². The van der Waals surface area contributed by atoms with Gasteiger partial charge in [0.25, 0.3) is 0 Å². The minimum absolute atomic E-state index is 0.231. The van der Waals surface area contributed by atoms with Crippen LogP contribution < -0.4 is 10.6 Å². The monoisotopic (exact) mass is 411 g/mol. The van der Waals surface area contributed by atoms with Gasteiger partial charge in [-0.25, -0.2) is 9.97 Å². The number of thiazole rings is 1. The molecule has 6 nitrogen and oxygen atoms in total. The molecule has 0 bridgehead atoms. The van der Waals surface area contributed by atoms with E-state index in [2.05, 4.69) is 52.4 Å². The summed E-state index contributed by atoms with van der Waals surface area (Å²) in [5, 5.41) is 16.5. The highest BCUT2D eigenvalue weighted by Gasteiger charge is 2.10. The Bertz CT molecular complexity index is 977. The Morgan fingerprint density at radius 1 is 1.14 bits per heavy atom. The van der Waals surface area contributed by atoms with E-state index in [9.17, 15) is 5.11 Å². The molecule has 0 unspecified atom stereocenters. The Morgan fingerprint density at radius 2 is 1.86 bits per heavy atom. The van der Waals surface area contributed by atoms with Gasteiger partial charge in [-0.1, -0.05) is 42.9 Å². The summed E-state index contributed by atoms with van der Waals surface area (Å²) in [6.07, 6.45) is 8.12. The smallest absolute Gasteiger partial charge is 0.189 e. The van der Waals surface area contributed by atoms with Gasteiger partial charge in [-0.05, 0) is 57.9 Å². The van der Waals surface area contributed by atoms with Crippen molar-refractivity contribution in [3.05, 3.63) is 54.0 Å². The van der Waals surface area contributed by atoms with Gasteiger partial charge in [-0.3, -0.25) is 0 Å². The van der Waals surface area contributed by atoms with E-state index in [0.717, 1.165) is 27.0 Å². The fourth-order valence-corrected chi connectivity index (χ4v) is 3.20. The standard InChI is InChI=1S/C15H15N5OS.C7H14/c1-3-9(2)18-13-12-14(17-8-16-13)20-15(22-12)19-10-4-6-11(21)7-5-10;1-4-6-7(3)5-2/h3-8,21H,1-2H3,(H2,16,17,18,19,20);6H,4-5H2,1-3H3/b9-3+;7-6+. The lowest BCUT2D eigenvalue weighted by Gasteiger charge is -2.04. The highest BCUT2D eigenvalue weighted by molar-refractivity contribution is 7.22. The average Bonchev–Trinajstić information content (AvgIpc) is 3.14. The van der Waals surface area contributed by atoms with E-state index in [1.807, 2.05) is 19.9 Å². The summed E-state index contributed by atoms with van der Waals surface area (Å²) in [6, 6.07) is 6.82. The highest BCUT2D eigenvalue weighted by atomic mass is 32.1. The van der Waals surface area contributed by atoms with Gasteiger partial charge in [0.15, 0.2) is 16.6 Å². The van der Waals surface area contributed by atoms with Crippen LogP contribution in [0, 0.1) is 0 Å². The molecule has 0 amide bonds. The van der Waals surface area contributed by atoms with E-state index >= 15 is 0 Å². The third-order valence-corrected chi connectivity index (χ3v) is 5.14. The van der Waals surface area contributed by atoms with Crippen LogP contribution in [0.15, 0.2) is 54.0 Å². The molecule has 3 aromatic rings. The molecule has 2 heterocycles. The Balaban J connectivity index is 0.000000370. The van der Waals surface area contributed by atoms with Gasteiger partial charge in [-0.15, -0.1) is 0 Å². The predicted octanol–water partition coefficient (Wildman–Crippen LogP) is 6.62. The van der Waals surface area contributed by atoms with Crippen LogP contribution in [0.5, 0.6) is 5.75 Å². The number of nitrogens with one attached hydrogen (secondary N) is 2. The summed E-state index contributed by atoms with van der Waals surface area (Å²) in [7, 11) is 0. The first-order chi connectivity index (χ1) is 14.0. The Labute approximate surface area is 176 Å². The summed E-state index contributed by atoms with van der Waals surface area (Å²) in [4.78, 5) is 12.9. The molecule has 0 radical (unpaired) electrons. The first-order valence-corrected chi connectivity index (χ1v) is 10.5. The molecule has 0 aliphatic carbocycles. The molecule has 3 N–H and O–H groups in total. The first kappa shape index (κ1) is 22.4. The van der Waals surface area contributed by atoms with Crippen LogP contribution >= 0.6 is 11.3 Å². The molecule has 2 aromatic heterocycles. The number of nitrogens with zero attached hydrogens (tertiary/aromatic N) is 3. The second-order valence-electron chi connectivity index (χ2n) is 6.47. The van der Waals surface area contributed by atoms with Gasteiger partial charge in [0.2, 0.25) is 0 Å². The summed E-state index contributed by atoms with van der Waals surface area (Å²) in [5.41, 5.74) is 4.01. The van der Waals surface area contributed by atoms with Crippen molar-refractivity contribution in [2.75, 3.05) is 10.6 Å². The van der Waals surface area contributed by atoms with Crippen LogP contribution in [-0.2, 0) is 0 Å².